The molecule has 0 fully saturated rings. The van der Waals surface area contributed by atoms with Crippen LogP contribution >= 0.6 is 0 Å². The number of aliphatic imine (C=N–C) groups is 3. The summed E-state index contributed by atoms with van der Waals surface area (Å²) in [5.74, 6) is 1.62. The second-order valence-electron chi connectivity index (χ2n) is 14.0. The minimum atomic E-state index is 0.229. The predicted molar refractivity (Wildman–Crippen MR) is 225 cm³/mol. The van der Waals surface area contributed by atoms with Gasteiger partial charge < -0.3 is 8.98 Å². The number of para-hydroxylation sites is 1. The van der Waals surface area contributed by atoms with Gasteiger partial charge in [-0.05, 0) is 66.6 Å². The van der Waals surface area contributed by atoms with Gasteiger partial charge in [0.25, 0.3) is 0 Å². The zero-order valence-electron chi connectivity index (χ0n) is 30.3. The second kappa shape index (κ2) is 14.4. The van der Waals surface area contributed by atoms with Crippen molar-refractivity contribution in [3.63, 3.8) is 0 Å². The minimum Gasteiger partial charge on any atom is -0.456 e. The van der Waals surface area contributed by atoms with Crippen molar-refractivity contribution in [1.82, 2.24) is 4.57 Å². The molecule has 6 aromatic carbocycles. The van der Waals surface area contributed by atoms with E-state index in [1.165, 1.54) is 27.7 Å². The molecule has 2 heterocycles. The lowest BCUT2D eigenvalue weighted by Gasteiger charge is -2.24. The van der Waals surface area contributed by atoms with Crippen molar-refractivity contribution in [3.05, 3.63) is 197 Å². The Morgan fingerprint density at radius 1 is 0.704 bits per heavy atom. The van der Waals surface area contributed by atoms with Crippen LogP contribution in [0.2, 0.25) is 0 Å². The van der Waals surface area contributed by atoms with E-state index in [1.54, 1.807) is 0 Å². The van der Waals surface area contributed by atoms with Gasteiger partial charge in [-0.3, -0.25) is 4.99 Å². The number of allylic oxidation sites excluding steroid dienone is 2. The highest BCUT2D eigenvalue weighted by Crippen LogP contribution is 2.44. The van der Waals surface area contributed by atoms with Crippen LogP contribution in [0.1, 0.15) is 65.1 Å². The van der Waals surface area contributed by atoms with E-state index >= 15 is 0 Å². The van der Waals surface area contributed by atoms with E-state index in [-0.39, 0.29) is 5.92 Å². The highest BCUT2D eigenvalue weighted by atomic mass is 16.3. The summed E-state index contributed by atoms with van der Waals surface area (Å²) in [5, 5.41) is 3.42. The first-order valence-corrected chi connectivity index (χ1v) is 18.7. The Bertz CT molecular complexity index is 2720. The molecule has 1 unspecified atom stereocenters. The Morgan fingerprint density at radius 3 is 2.17 bits per heavy atom. The van der Waals surface area contributed by atoms with Gasteiger partial charge in [-0.25, -0.2) is 9.98 Å². The molecule has 54 heavy (non-hydrogen) atoms. The molecule has 0 spiro atoms. The number of benzene rings is 6. The van der Waals surface area contributed by atoms with Gasteiger partial charge in [-0.15, -0.1) is 0 Å². The zero-order valence-corrected chi connectivity index (χ0v) is 30.3. The van der Waals surface area contributed by atoms with Gasteiger partial charge >= 0.3 is 0 Å². The van der Waals surface area contributed by atoms with Gasteiger partial charge in [0, 0.05) is 56.6 Å². The van der Waals surface area contributed by atoms with Crippen molar-refractivity contribution in [2.24, 2.45) is 15.0 Å². The number of aromatic nitrogens is 1. The van der Waals surface area contributed by atoms with Crippen LogP contribution < -0.4 is 0 Å². The first-order valence-electron chi connectivity index (χ1n) is 18.7. The van der Waals surface area contributed by atoms with E-state index in [1.807, 2.05) is 54.6 Å². The summed E-state index contributed by atoms with van der Waals surface area (Å²) in [6.07, 6.45) is 6.86. The fourth-order valence-electron chi connectivity index (χ4n) is 8.06. The standard InChI is InChI=1S/C49H40N4O/c1-33-16-12-13-23-39(35-19-8-4-9-20-35)46-42-24-14-15-25-43(42)53(47(33)46)38-27-29-41-40-28-26-37(30-44(40)54-45(41)31-38)49(51-32-34-17-6-3-7-18-34)52-48(50-2)36-21-10-5-11-22-36/h3-12,14-22,24-31,33,39H,2,13,23,32H2,1H3/b16-12-,51-49?,52-48?/t33-,39?/m0/s1. The van der Waals surface area contributed by atoms with Gasteiger partial charge in [0.2, 0.25) is 0 Å². The van der Waals surface area contributed by atoms with Crippen molar-refractivity contribution >= 4 is 51.2 Å². The highest BCUT2D eigenvalue weighted by molar-refractivity contribution is 6.14. The molecule has 262 valence electrons. The second-order valence-corrected chi connectivity index (χ2v) is 14.0. The molecular formula is C49H40N4O. The Kier molecular flexibility index (Phi) is 8.89. The molecule has 8 aromatic rings. The van der Waals surface area contributed by atoms with Crippen molar-refractivity contribution in [2.75, 3.05) is 0 Å². The largest absolute Gasteiger partial charge is 0.456 e. The van der Waals surface area contributed by atoms with E-state index in [0.717, 1.165) is 57.2 Å². The average Bonchev–Trinajstić information content (AvgIpc) is 3.76. The lowest BCUT2D eigenvalue weighted by atomic mass is 9.82. The van der Waals surface area contributed by atoms with E-state index in [9.17, 15) is 0 Å². The quantitative estimate of drug-likeness (QED) is 0.0968. The maximum absolute atomic E-state index is 6.71. The van der Waals surface area contributed by atoms with Crippen LogP contribution in [0.15, 0.2) is 183 Å². The molecule has 0 radical (unpaired) electrons. The first kappa shape index (κ1) is 33.3. The summed E-state index contributed by atoms with van der Waals surface area (Å²) < 4.78 is 9.18. The predicted octanol–water partition coefficient (Wildman–Crippen LogP) is 12.2. The number of nitrogens with zero attached hydrogens (tertiary/aromatic N) is 4. The minimum absolute atomic E-state index is 0.229. The molecule has 1 aliphatic carbocycles. The van der Waals surface area contributed by atoms with Gasteiger partial charge in [-0.1, -0.05) is 134 Å². The van der Waals surface area contributed by atoms with E-state index < -0.39 is 0 Å². The van der Waals surface area contributed by atoms with Crippen molar-refractivity contribution in [3.8, 4) is 5.69 Å². The van der Waals surface area contributed by atoms with Crippen LogP contribution in [0.5, 0.6) is 0 Å². The molecule has 0 bridgehead atoms. The molecule has 2 aromatic heterocycles. The van der Waals surface area contributed by atoms with Crippen LogP contribution in [0.3, 0.4) is 0 Å². The summed E-state index contributed by atoms with van der Waals surface area (Å²) in [6, 6.07) is 52.8. The fourth-order valence-corrected chi connectivity index (χ4v) is 8.06. The summed E-state index contributed by atoms with van der Waals surface area (Å²) in [4.78, 5) is 14.3. The molecule has 0 aliphatic heterocycles. The maximum atomic E-state index is 6.71. The number of fused-ring (bicyclic) bond motifs is 6. The smallest absolute Gasteiger partial charge is 0.161 e. The molecular weight excluding hydrogens is 661 g/mol. The average molecular weight is 701 g/mol. The first-order chi connectivity index (χ1) is 26.7. The van der Waals surface area contributed by atoms with E-state index in [4.69, 9.17) is 14.4 Å². The molecule has 5 heteroatoms. The number of furan rings is 1. The van der Waals surface area contributed by atoms with Crippen LogP contribution in [0.25, 0.3) is 38.5 Å². The lowest BCUT2D eigenvalue weighted by molar-refractivity contribution is 0.668. The zero-order chi connectivity index (χ0) is 36.4. The Hall–Kier alpha value is -6.59. The molecule has 0 saturated heterocycles. The van der Waals surface area contributed by atoms with E-state index in [0.29, 0.717) is 24.1 Å². The van der Waals surface area contributed by atoms with Gasteiger partial charge in [0.15, 0.2) is 11.7 Å². The topological polar surface area (TPSA) is 55.1 Å². The Morgan fingerprint density at radius 2 is 1.39 bits per heavy atom. The van der Waals surface area contributed by atoms with E-state index in [2.05, 4.69) is 132 Å². The number of hydrogen-bond acceptors (Lipinski definition) is 2. The molecule has 0 saturated carbocycles. The number of rotatable bonds is 6. The summed E-state index contributed by atoms with van der Waals surface area (Å²) in [6.45, 7) is 6.63. The Balaban J connectivity index is 1.18. The van der Waals surface area contributed by atoms with Crippen LogP contribution in [-0.2, 0) is 6.54 Å². The van der Waals surface area contributed by atoms with Gasteiger partial charge in [-0.2, -0.15) is 0 Å². The van der Waals surface area contributed by atoms with Crippen molar-refractivity contribution in [1.29, 1.82) is 0 Å². The van der Waals surface area contributed by atoms with Gasteiger partial charge in [0.1, 0.15) is 11.2 Å². The van der Waals surface area contributed by atoms with Gasteiger partial charge in [0.05, 0.1) is 12.1 Å². The molecule has 0 amide bonds. The van der Waals surface area contributed by atoms with Crippen LogP contribution in [-0.4, -0.2) is 23.0 Å². The lowest BCUT2D eigenvalue weighted by Crippen LogP contribution is -2.10. The maximum Gasteiger partial charge on any atom is 0.161 e. The molecule has 9 rings (SSSR count). The molecule has 1 aliphatic rings. The third kappa shape index (κ3) is 6.18. The summed E-state index contributed by atoms with van der Waals surface area (Å²) in [7, 11) is 0. The van der Waals surface area contributed by atoms with Crippen LogP contribution in [0.4, 0.5) is 0 Å². The highest BCUT2D eigenvalue weighted by Gasteiger charge is 2.29. The normalized spacial score (nSPS) is 17.0. The van der Waals surface area contributed by atoms with Crippen molar-refractivity contribution in [2.45, 2.75) is 38.1 Å². The fraction of sp³-hybridized carbons (Fsp3) is 0.122. The molecule has 5 nitrogen and oxygen atoms in total. The molecule has 2 atom stereocenters. The monoisotopic (exact) mass is 700 g/mol. The third-order valence-corrected chi connectivity index (χ3v) is 10.6. The number of amidine groups is 2. The SMILES string of the molecule is C=NC(=NC(=NCc1ccccc1)c1ccc2c(c1)oc1cc(-n3c4c(c5ccccc53)C(c3ccccc3)CC/C=C\[C@@H]4C)ccc12)c1ccccc1. The summed E-state index contributed by atoms with van der Waals surface area (Å²) in [5.41, 5.74) is 10.9. The van der Waals surface area contributed by atoms with Crippen molar-refractivity contribution < 1.29 is 4.42 Å². The summed E-state index contributed by atoms with van der Waals surface area (Å²) >= 11 is 0. The molecule has 0 N–H and O–H groups in total. The van der Waals surface area contributed by atoms with Crippen LogP contribution in [0, 0.1) is 0 Å². The number of hydrogen-bond donors (Lipinski definition) is 0. The Labute approximate surface area is 315 Å². The third-order valence-electron chi connectivity index (χ3n) is 10.6.